The second kappa shape index (κ2) is 10.5. The van der Waals surface area contributed by atoms with E-state index in [2.05, 4.69) is 15.3 Å². The van der Waals surface area contributed by atoms with Gasteiger partial charge in [0, 0.05) is 51.5 Å². The first-order valence-electron chi connectivity index (χ1n) is 9.89. The summed E-state index contributed by atoms with van der Waals surface area (Å²) in [5, 5.41) is 7.09. The number of nitrogens with one attached hydrogen (secondary N) is 1. The molecule has 0 spiro atoms. The first-order valence-corrected chi connectivity index (χ1v) is 11.3. The number of carbonyl (C=O) groups excluding carboxylic acids is 2. The predicted molar refractivity (Wildman–Crippen MR) is 113 cm³/mol. The second-order valence-corrected chi connectivity index (χ2v) is 8.25. The number of thioether (sulfide) groups is 1. The van der Waals surface area contributed by atoms with Gasteiger partial charge in [0.25, 0.3) is 5.91 Å². The predicted octanol–water partition coefficient (Wildman–Crippen LogP) is 1.60. The average molecular weight is 420 g/mol. The summed E-state index contributed by atoms with van der Waals surface area (Å²) in [6, 6.07) is 2.73. The first-order chi connectivity index (χ1) is 14.1. The lowest BCUT2D eigenvalue weighted by atomic mass is 10.1. The van der Waals surface area contributed by atoms with E-state index in [9.17, 15) is 9.59 Å². The number of hydrogen-bond acceptors (Lipinski definition) is 6. The highest BCUT2D eigenvalue weighted by Gasteiger charge is 2.28. The van der Waals surface area contributed by atoms with Crippen molar-refractivity contribution in [2.75, 3.05) is 38.2 Å². The van der Waals surface area contributed by atoms with Crippen LogP contribution in [-0.2, 0) is 18.4 Å². The number of aromatic nitrogens is 2. The molecule has 1 unspecified atom stereocenters. The van der Waals surface area contributed by atoms with Crippen molar-refractivity contribution in [1.82, 2.24) is 24.9 Å². The third-order valence-corrected chi connectivity index (χ3v) is 5.67. The number of aryl methyl sites for hydroxylation is 1. The molecule has 1 atom stereocenters. The molecule has 0 aromatic carbocycles. The molecule has 2 amide bonds. The average Bonchev–Trinajstić information content (AvgIpc) is 3.33. The van der Waals surface area contributed by atoms with Crippen LogP contribution >= 0.6 is 11.8 Å². The Hall–Kier alpha value is -2.26. The van der Waals surface area contributed by atoms with Crippen LogP contribution in [-0.4, -0.2) is 75.6 Å². The molecular weight excluding hydrogens is 390 g/mol. The highest BCUT2D eigenvalue weighted by molar-refractivity contribution is 7.98. The molecule has 9 heteroatoms. The Morgan fingerprint density at radius 2 is 2.17 bits per heavy atom. The van der Waals surface area contributed by atoms with E-state index in [0.29, 0.717) is 19.5 Å². The number of furan rings is 1. The maximum absolute atomic E-state index is 13.2. The highest BCUT2D eigenvalue weighted by Crippen LogP contribution is 2.12. The van der Waals surface area contributed by atoms with Gasteiger partial charge in [0.05, 0.1) is 12.5 Å². The lowest BCUT2D eigenvalue weighted by molar-refractivity contribution is -0.133. The lowest BCUT2D eigenvalue weighted by Gasteiger charge is -2.27. The molecule has 1 aliphatic rings. The Bertz CT molecular complexity index is 792. The van der Waals surface area contributed by atoms with E-state index < -0.39 is 6.04 Å². The highest BCUT2D eigenvalue weighted by atomic mass is 32.2. The van der Waals surface area contributed by atoms with E-state index in [1.165, 1.54) is 11.8 Å². The fourth-order valence-corrected chi connectivity index (χ4v) is 3.98. The summed E-state index contributed by atoms with van der Waals surface area (Å²) in [6.07, 6.45) is 8.87. The Balaban J connectivity index is 1.58. The molecule has 0 saturated carbocycles. The van der Waals surface area contributed by atoms with Crippen LogP contribution in [0.1, 0.15) is 29.0 Å². The molecule has 0 radical (unpaired) electrons. The van der Waals surface area contributed by atoms with Gasteiger partial charge in [-0.3, -0.25) is 19.2 Å². The van der Waals surface area contributed by atoms with Gasteiger partial charge in [-0.25, -0.2) is 0 Å². The second-order valence-electron chi connectivity index (χ2n) is 7.26. The summed E-state index contributed by atoms with van der Waals surface area (Å²) < 4.78 is 6.97. The van der Waals surface area contributed by atoms with Crippen molar-refractivity contribution >= 4 is 23.6 Å². The van der Waals surface area contributed by atoms with Crippen LogP contribution in [0.5, 0.6) is 0 Å². The number of nitrogens with zero attached hydrogens (tertiary/aromatic N) is 4. The van der Waals surface area contributed by atoms with E-state index in [4.69, 9.17) is 4.42 Å². The van der Waals surface area contributed by atoms with Gasteiger partial charge in [-0.2, -0.15) is 16.9 Å². The zero-order valence-corrected chi connectivity index (χ0v) is 17.9. The van der Waals surface area contributed by atoms with E-state index in [1.807, 2.05) is 30.6 Å². The summed E-state index contributed by atoms with van der Waals surface area (Å²) in [4.78, 5) is 29.8. The van der Waals surface area contributed by atoms with E-state index >= 15 is 0 Å². The summed E-state index contributed by atoms with van der Waals surface area (Å²) in [6.45, 7) is 3.94. The zero-order chi connectivity index (χ0) is 20.6. The number of amides is 2. The smallest absolute Gasteiger partial charge is 0.287 e. The third kappa shape index (κ3) is 6.11. The minimum atomic E-state index is -0.537. The van der Waals surface area contributed by atoms with Crippen LogP contribution in [0.3, 0.4) is 0 Å². The van der Waals surface area contributed by atoms with Crippen molar-refractivity contribution in [3.05, 3.63) is 42.1 Å². The standard InChI is InChI=1S/C20H29N5O3S/c1-23-14-16(13-21-23)15-24-7-4-8-25(10-9-24)20(27)17(6-12-29-2)22-19(26)18-5-3-11-28-18/h3,5,11,13-14,17H,4,6-10,12,15H2,1-2H3,(H,22,26). The van der Waals surface area contributed by atoms with Gasteiger partial charge < -0.3 is 14.6 Å². The quantitative estimate of drug-likeness (QED) is 0.700. The molecule has 0 bridgehead atoms. The summed E-state index contributed by atoms with van der Waals surface area (Å²) in [5.41, 5.74) is 1.18. The van der Waals surface area contributed by atoms with Crippen LogP contribution in [0.15, 0.2) is 35.2 Å². The molecule has 8 nitrogen and oxygen atoms in total. The van der Waals surface area contributed by atoms with Crippen molar-refractivity contribution in [3.8, 4) is 0 Å². The van der Waals surface area contributed by atoms with Crippen LogP contribution in [0.4, 0.5) is 0 Å². The van der Waals surface area contributed by atoms with Crippen LogP contribution in [0, 0.1) is 0 Å². The Morgan fingerprint density at radius 3 is 2.86 bits per heavy atom. The molecule has 29 heavy (non-hydrogen) atoms. The normalized spacial score (nSPS) is 16.4. The Labute approximate surface area is 175 Å². The molecule has 1 aliphatic heterocycles. The third-order valence-electron chi connectivity index (χ3n) is 5.02. The molecule has 0 aliphatic carbocycles. The molecule has 158 valence electrons. The monoisotopic (exact) mass is 419 g/mol. The minimum absolute atomic E-state index is 0.0119. The lowest BCUT2D eigenvalue weighted by Crippen LogP contribution is -2.49. The number of carbonyl (C=O) groups is 2. The fraction of sp³-hybridized carbons (Fsp3) is 0.550. The van der Waals surface area contributed by atoms with Gasteiger partial charge in [0.2, 0.25) is 5.91 Å². The Kier molecular flexibility index (Phi) is 7.76. The van der Waals surface area contributed by atoms with Crippen molar-refractivity contribution in [2.24, 2.45) is 7.05 Å². The summed E-state index contributed by atoms with van der Waals surface area (Å²) in [5.74, 6) is 0.672. The zero-order valence-electron chi connectivity index (χ0n) is 17.0. The maximum atomic E-state index is 13.2. The van der Waals surface area contributed by atoms with Crippen molar-refractivity contribution < 1.29 is 14.0 Å². The number of rotatable bonds is 8. The minimum Gasteiger partial charge on any atom is -0.459 e. The van der Waals surface area contributed by atoms with Crippen LogP contribution < -0.4 is 5.32 Å². The van der Waals surface area contributed by atoms with Crippen molar-refractivity contribution in [3.63, 3.8) is 0 Å². The molecule has 1 N–H and O–H groups in total. The summed E-state index contributed by atoms with van der Waals surface area (Å²) >= 11 is 1.66. The van der Waals surface area contributed by atoms with E-state index in [-0.39, 0.29) is 17.6 Å². The molecule has 3 rings (SSSR count). The van der Waals surface area contributed by atoms with E-state index in [0.717, 1.165) is 31.8 Å². The molecule has 2 aromatic rings. The molecule has 1 saturated heterocycles. The maximum Gasteiger partial charge on any atom is 0.287 e. The van der Waals surface area contributed by atoms with Crippen LogP contribution in [0.25, 0.3) is 0 Å². The van der Waals surface area contributed by atoms with Gasteiger partial charge in [0.1, 0.15) is 6.04 Å². The Morgan fingerprint density at radius 1 is 1.31 bits per heavy atom. The van der Waals surface area contributed by atoms with Gasteiger partial charge in [-0.15, -0.1) is 0 Å². The van der Waals surface area contributed by atoms with Gasteiger partial charge >= 0.3 is 0 Å². The molecule has 3 heterocycles. The van der Waals surface area contributed by atoms with Crippen LogP contribution in [0.2, 0.25) is 0 Å². The van der Waals surface area contributed by atoms with E-state index in [1.54, 1.807) is 28.6 Å². The van der Waals surface area contributed by atoms with Gasteiger partial charge in [-0.05, 0) is 37.0 Å². The first kappa shape index (κ1) is 21.4. The van der Waals surface area contributed by atoms with Crippen molar-refractivity contribution in [2.45, 2.75) is 25.4 Å². The number of hydrogen-bond donors (Lipinski definition) is 1. The topological polar surface area (TPSA) is 83.6 Å². The fourth-order valence-electron chi connectivity index (χ4n) is 3.51. The summed E-state index contributed by atoms with van der Waals surface area (Å²) in [7, 11) is 1.91. The molecule has 1 fully saturated rings. The molecular formula is C20H29N5O3S. The van der Waals surface area contributed by atoms with Gasteiger partial charge in [-0.1, -0.05) is 0 Å². The van der Waals surface area contributed by atoms with Crippen molar-refractivity contribution in [1.29, 1.82) is 0 Å². The largest absolute Gasteiger partial charge is 0.459 e. The SMILES string of the molecule is CSCCC(NC(=O)c1ccco1)C(=O)N1CCCN(Cc2cnn(C)c2)CC1. The molecule has 2 aromatic heterocycles. The van der Waals surface area contributed by atoms with Gasteiger partial charge in [0.15, 0.2) is 5.76 Å².